The number of carbonyl (C=O) groups is 1. The summed E-state index contributed by atoms with van der Waals surface area (Å²) in [6, 6.07) is -0.826. The van der Waals surface area contributed by atoms with E-state index in [-0.39, 0.29) is 12.5 Å². The smallest absolute Gasteiger partial charge is 0.220 e. The van der Waals surface area contributed by atoms with E-state index in [4.69, 9.17) is 9.47 Å². The van der Waals surface area contributed by atoms with Gasteiger partial charge in [0.1, 0.15) is 24.4 Å². The van der Waals surface area contributed by atoms with Crippen LogP contribution in [0.2, 0.25) is 0 Å². The van der Waals surface area contributed by atoms with Crippen LogP contribution in [-0.4, -0.2) is 87.5 Å². The molecule has 0 aromatic rings. The molecule has 406 valence electrons. The molecule has 0 saturated carbocycles. The third kappa shape index (κ3) is 39.6. The summed E-state index contributed by atoms with van der Waals surface area (Å²) >= 11 is 0. The average molecular weight is 977 g/mol. The third-order valence-corrected chi connectivity index (χ3v) is 14.2. The standard InChI is InChI=1S/C60H113NO8/c1-3-5-7-9-11-13-15-17-19-21-23-25-27-29-31-33-35-37-39-41-43-45-47-49-54(63)53(52-68-60-59(67)58(66)57(65)55(51-62)69-60)61-56(64)50-48-46-44-42-40-38-36-34-32-30-28-26-24-22-20-18-16-14-12-10-8-6-4-2/h31,33,39,41,47,49,53-55,57-60,62-63,65-67H,3-30,32,34-38,40,42-46,48,50-52H2,1-2H3,(H,61,64)/b33-31+,41-39+,49-47+. The lowest BCUT2D eigenvalue weighted by Crippen LogP contribution is -2.60. The number of unbranched alkanes of at least 4 members (excludes halogenated alkanes) is 37. The van der Waals surface area contributed by atoms with Gasteiger partial charge in [0.05, 0.1) is 25.4 Å². The van der Waals surface area contributed by atoms with Crippen LogP contribution in [0.5, 0.6) is 0 Å². The highest BCUT2D eigenvalue weighted by Crippen LogP contribution is 2.23. The van der Waals surface area contributed by atoms with Crippen LogP contribution in [0.15, 0.2) is 36.5 Å². The minimum absolute atomic E-state index is 0.185. The van der Waals surface area contributed by atoms with Crippen LogP contribution in [0.3, 0.4) is 0 Å². The molecule has 7 atom stereocenters. The van der Waals surface area contributed by atoms with Crippen LogP contribution >= 0.6 is 0 Å². The molecule has 0 radical (unpaired) electrons. The van der Waals surface area contributed by atoms with Gasteiger partial charge in [-0.2, -0.15) is 0 Å². The molecule has 0 aromatic carbocycles. The number of amides is 1. The van der Waals surface area contributed by atoms with Crippen molar-refractivity contribution in [3.05, 3.63) is 36.5 Å². The monoisotopic (exact) mass is 976 g/mol. The fraction of sp³-hybridized carbons (Fsp3) is 0.883. The molecule has 69 heavy (non-hydrogen) atoms. The Labute approximate surface area is 425 Å². The zero-order chi connectivity index (χ0) is 50.1. The van der Waals surface area contributed by atoms with E-state index >= 15 is 0 Å². The normalized spacial score (nSPS) is 19.7. The Morgan fingerprint density at radius 3 is 1.22 bits per heavy atom. The highest BCUT2D eigenvalue weighted by atomic mass is 16.7. The van der Waals surface area contributed by atoms with Gasteiger partial charge < -0.3 is 40.3 Å². The molecule has 0 bridgehead atoms. The lowest BCUT2D eigenvalue weighted by molar-refractivity contribution is -0.302. The second-order valence-electron chi connectivity index (χ2n) is 20.8. The van der Waals surface area contributed by atoms with Crippen molar-refractivity contribution in [2.45, 2.75) is 326 Å². The Balaban J connectivity index is 2.25. The van der Waals surface area contributed by atoms with E-state index in [2.05, 4.69) is 43.5 Å². The van der Waals surface area contributed by atoms with E-state index in [1.165, 1.54) is 218 Å². The van der Waals surface area contributed by atoms with E-state index in [9.17, 15) is 30.3 Å². The molecule has 0 spiro atoms. The fourth-order valence-electron chi connectivity index (χ4n) is 9.49. The molecule has 1 aliphatic rings. The molecule has 1 amide bonds. The maximum atomic E-state index is 13.1. The van der Waals surface area contributed by atoms with Crippen molar-refractivity contribution >= 4 is 5.91 Å². The number of hydrogen-bond donors (Lipinski definition) is 6. The largest absolute Gasteiger partial charge is 0.394 e. The molecule has 1 aliphatic heterocycles. The molecule has 1 rings (SSSR count). The third-order valence-electron chi connectivity index (χ3n) is 14.2. The van der Waals surface area contributed by atoms with Crippen LogP contribution in [0, 0.1) is 0 Å². The topological polar surface area (TPSA) is 149 Å². The van der Waals surface area contributed by atoms with Crippen LogP contribution in [0.1, 0.15) is 284 Å². The molecule has 1 heterocycles. The van der Waals surface area contributed by atoms with Crippen molar-refractivity contribution in [2.24, 2.45) is 0 Å². The SMILES string of the molecule is CCCCCCCCCCCCCCC/C=C/CC/C=C/CC/C=C/C(O)C(COC1OC(CO)C(O)C(O)C1O)NC(=O)CCCCCCCCCCCCCCCCCCCCCCCCC. The number of carbonyl (C=O) groups excluding carboxylic acids is 1. The number of nitrogens with one attached hydrogen (secondary N) is 1. The number of aliphatic hydroxyl groups is 5. The fourth-order valence-corrected chi connectivity index (χ4v) is 9.49. The second-order valence-corrected chi connectivity index (χ2v) is 20.8. The van der Waals surface area contributed by atoms with E-state index in [0.717, 1.165) is 44.9 Å². The number of allylic oxidation sites excluding steroid dienone is 5. The van der Waals surface area contributed by atoms with Crippen molar-refractivity contribution in [3.63, 3.8) is 0 Å². The second kappa shape index (κ2) is 50.0. The van der Waals surface area contributed by atoms with Crippen LogP contribution < -0.4 is 5.32 Å². The van der Waals surface area contributed by atoms with Gasteiger partial charge in [-0.3, -0.25) is 4.79 Å². The van der Waals surface area contributed by atoms with E-state index in [1.807, 2.05) is 6.08 Å². The number of aliphatic hydroxyl groups excluding tert-OH is 5. The van der Waals surface area contributed by atoms with E-state index < -0.39 is 49.5 Å². The van der Waals surface area contributed by atoms with Crippen molar-refractivity contribution in [2.75, 3.05) is 13.2 Å². The van der Waals surface area contributed by atoms with Crippen molar-refractivity contribution in [1.29, 1.82) is 0 Å². The van der Waals surface area contributed by atoms with Crippen molar-refractivity contribution in [3.8, 4) is 0 Å². The first-order valence-corrected chi connectivity index (χ1v) is 29.7. The van der Waals surface area contributed by atoms with Gasteiger partial charge in [0, 0.05) is 6.42 Å². The minimum atomic E-state index is -1.57. The first-order chi connectivity index (χ1) is 33.8. The molecule has 6 N–H and O–H groups in total. The lowest BCUT2D eigenvalue weighted by Gasteiger charge is -2.40. The highest BCUT2D eigenvalue weighted by Gasteiger charge is 2.44. The molecule has 9 nitrogen and oxygen atoms in total. The summed E-state index contributed by atoms with van der Waals surface area (Å²) in [7, 11) is 0. The zero-order valence-corrected chi connectivity index (χ0v) is 45.1. The average Bonchev–Trinajstić information content (AvgIpc) is 3.35. The summed E-state index contributed by atoms with van der Waals surface area (Å²) in [5.41, 5.74) is 0. The first kappa shape index (κ1) is 65.4. The summed E-state index contributed by atoms with van der Waals surface area (Å²) in [6.45, 7) is 3.79. The van der Waals surface area contributed by atoms with Gasteiger partial charge in [0.15, 0.2) is 6.29 Å². The number of hydrogen-bond acceptors (Lipinski definition) is 8. The molecule has 1 saturated heterocycles. The molecular weight excluding hydrogens is 863 g/mol. The number of ether oxygens (including phenoxy) is 2. The predicted octanol–water partition coefficient (Wildman–Crippen LogP) is 14.7. The summed E-state index contributed by atoms with van der Waals surface area (Å²) < 4.78 is 11.3. The Bertz CT molecular complexity index is 1180. The van der Waals surface area contributed by atoms with E-state index in [1.54, 1.807) is 6.08 Å². The van der Waals surface area contributed by atoms with Gasteiger partial charge in [0.2, 0.25) is 5.91 Å². The highest BCUT2D eigenvalue weighted by molar-refractivity contribution is 5.76. The van der Waals surface area contributed by atoms with Gasteiger partial charge in [-0.25, -0.2) is 0 Å². The maximum Gasteiger partial charge on any atom is 0.220 e. The molecule has 9 heteroatoms. The Morgan fingerprint density at radius 2 is 0.826 bits per heavy atom. The Morgan fingerprint density at radius 1 is 0.478 bits per heavy atom. The summed E-state index contributed by atoms with van der Waals surface area (Å²) in [6.07, 6.45) is 57.9. The summed E-state index contributed by atoms with van der Waals surface area (Å²) in [4.78, 5) is 13.1. The van der Waals surface area contributed by atoms with Crippen LogP contribution in [-0.2, 0) is 14.3 Å². The van der Waals surface area contributed by atoms with Crippen molar-refractivity contribution in [1.82, 2.24) is 5.32 Å². The predicted molar refractivity (Wildman–Crippen MR) is 290 cm³/mol. The minimum Gasteiger partial charge on any atom is -0.394 e. The maximum absolute atomic E-state index is 13.1. The van der Waals surface area contributed by atoms with Gasteiger partial charge >= 0.3 is 0 Å². The van der Waals surface area contributed by atoms with E-state index in [0.29, 0.717) is 6.42 Å². The number of rotatable bonds is 51. The molecule has 0 aromatic heterocycles. The van der Waals surface area contributed by atoms with Gasteiger partial charge in [-0.1, -0.05) is 269 Å². The Kier molecular flexibility index (Phi) is 47.4. The van der Waals surface area contributed by atoms with Crippen LogP contribution in [0.25, 0.3) is 0 Å². The quantitative estimate of drug-likeness (QED) is 0.0261. The van der Waals surface area contributed by atoms with Crippen LogP contribution in [0.4, 0.5) is 0 Å². The van der Waals surface area contributed by atoms with Gasteiger partial charge in [0.25, 0.3) is 0 Å². The molecule has 1 fully saturated rings. The lowest BCUT2D eigenvalue weighted by atomic mass is 9.99. The molecule has 0 aliphatic carbocycles. The van der Waals surface area contributed by atoms with Gasteiger partial charge in [-0.15, -0.1) is 0 Å². The molecular formula is C60H113NO8. The van der Waals surface area contributed by atoms with Gasteiger partial charge in [-0.05, 0) is 44.9 Å². The zero-order valence-electron chi connectivity index (χ0n) is 45.1. The summed E-state index contributed by atoms with van der Waals surface area (Å²) in [5.74, 6) is -0.185. The first-order valence-electron chi connectivity index (χ1n) is 29.7. The Hall–Kier alpha value is -1.59. The summed E-state index contributed by atoms with van der Waals surface area (Å²) in [5, 5.41) is 54.5. The van der Waals surface area contributed by atoms with Crippen molar-refractivity contribution < 1.29 is 39.8 Å². The molecule has 7 unspecified atom stereocenters.